The van der Waals surface area contributed by atoms with Gasteiger partial charge in [0.25, 0.3) is 0 Å². The van der Waals surface area contributed by atoms with E-state index in [2.05, 4.69) is 30.6 Å². The molecule has 90 valence electrons. The fourth-order valence-corrected chi connectivity index (χ4v) is 2.24. The quantitative estimate of drug-likeness (QED) is 0.843. The van der Waals surface area contributed by atoms with Crippen LogP contribution in [0, 0.1) is 0 Å². The molecule has 1 rings (SSSR count). The van der Waals surface area contributed by atoms with E-state index < -0.39 is 0 Å². The Morgan fingerprint density at radius 1 is 1.62 bits per heavy atom. The summed E-state index contributed by atoms with van der Waals surface area (Å²) in [5.41, 5.74) is 0. The highest BCUT2D eigenvalue weighted by atomic mass is 32.1. The van der Waals surface area contributed by atoms with Gasteiger partial charge in [-0.2, -0.15) is 0 Å². The number of urea groups is 1. The van der Waals surface area contributed by atoms with E-state index in [9.17, 15) is 4.79 Å². The van der Waals surface area contributed by atoms with Crippen molar-refractivity contribution in [2.75, 3.05) is 13.6 Å². The summed E-state index contributed by atoms with van der Waals surface area (Å²) in [6.07, 6.45) is 1.90. The Kier molecular flexibility index (Phi) is 5.32. The van der Waals surface area contributed by atoms with Crippen LogP contribution in [0.4, 0.5) is 4.79 Å². The molecule has 0 radical (unpaired) electrons. The van der Waals surface area contributed by atoms with Crippen LogP contribution in [0.15, 0.2) is 17.5 Å². The molecule has 0 spiro atoms. The van der Waals surface area contributed by atoms with Crippen molar-refractivity contribution in [3.63, 3.8) is 0 Å². The second-order valence-electron chi connectivity index (χ2n) is 3.98. The third kappa shape index (κ3) is 3.85. The first-order valence-corrected chi connectivity index (χ1v) is 6.56. The maximum atomic E-state index is 11.7. The van der Waals surface area contributed by atoms with E-state index in [0.717, 1.165) is 19.4 Å². The predicted molar refractivity (Wildman–Crippen MR) is 68.9 cm³/mol. The average Bonchev–Trinajstić information content (AvgIpc) is 2.77. The molecule has 0 aliphatic rings. The smallest absolute Gasteiger partial charge is 0.317 e. The van der Waals surface area contributed by atoms with Gasteiger partial charge >= 0.3 is 6.03 Å². The molecule has 0 aliphatic heterocycles. The van der Waals surface area contributed by atoms with Crippen molar-refractivity contribution < 1.29 is 4.79 Å². The van der Waals surface area contributed by atoms with Gasteiger partial charge in [-0.3, -0.25) is 0 Å². The number of carbonyl (C=O) groups excluding carboxylic acids is 1. The Morgan fingerprint density at radius 2 is 2.38 bits per heavy atom. The zero-order valence-electron chi connectivity index (χ0n) is 10.2. The number of nitrogens with one attached hydrogen (secondary N) is 1. The molecule has 0 saturated heterocycles. The van der Waals surface area contributed by atoms with Gasteiger partial charge in [0.2, 0.25) is 0 Å². The molecule has 1 N–H and O–H groups in total. The molecule has 1 heterocycles. The monoisotopic (exact) mass is 240 g/mol. The molecule has 0 aromatic carbocycles. The van der Waals surface area contributed by atoms with E-state index in [4.69, 9.17) is 0 Å². The van der Waals surface area contributed by atoms with Gasteiger partial charge in [0.15, 0.2) is 0 Å². The highest BCUT2D eigenvalue weighted by molar-refractivity contribution is 7.09. The summed E-state index contributed by atoms with van der Waals surface area (Å²) in [4.78, 5) is 14.8. The van der Waals surface area contributed by atoms with Gasteiger partial charge in [0, 0.05) is 30.9 Å². The highest BCUT2D eigenvalue weighted by Crippen LogP contribution is 2.13. The van der Waals surface area contributed by atoms with E-state index >= 15 is 0 Å². The van der Waals surface area contributed by atoms with Crippen molar-refractivity contribution in [3.8, 4) is 0 Å². The van der Waals surface area contributed by atoms with Crippen LogP contribution in [0.25, 0.3) is 0 Å². The standard InChI is InChI=1S/C12H20N2OS/c1-4-7-13-12(15)14(3)10(2)9-11-6-5-8-16-11/h5-6,8,10H,4,7,9H2,1-3H3,(H,13,15). The molecule has 1 atom stereocenters. The number of nitrogens with zero attached hydrogens (tertiary/aromatic N) is 1. The van der Waals surface area contributed by atoms with Gasteiger partial charge in [0.05, 0.1) is 0 Å². The highest BCUT2D eigenvalue weighted by Gasteiger charge is 2.15. The zero-order valence-corrected chi connectivity index (χ0v) is 11.0. The Bertz CT molecular complexity index is 311. The van der Waals surface area contributed by atoms with Crippen molar-refractivity contribution in [3.05, 3.63) is 22.4 Å². The first-order valence-electron chi connectivity index (χ1n) is 5.68. The van der Waals surface area contributed by atoms with Crippen LogP contribution in [0.2, 0.25) is 0 Å². The van der Waals surface area contributed by atoms with Crippen LogP contribution in [0.1, 0.15) is 25.1 Å². The fourth-order valence-electron chi connectivity index (χ4n) is 1.41. The molecule has 0 aliphatic carbocycles. The van der Waals surface area contributed by atoms with Gasteiger partial charge in [-0.25, -0.2) is 4.79 Å². The zero-order chi connectivity index (χ0) is 12.0. The third-order valence-corrected chi connectivity index (χ3v) is 3.48. The predicted octanol–water partition coefficient (Wildman–Crippen LogP) is 2.73. The van der Waals surface area contributed by atoms with Crippen LogP contribution >= 0.6 is 11.3 Å². The van der Waals surface area contributed by atoms with Crippen molar-refractivity contribution >= 4 is 17.4 Å². The van der Waals surface area contributed by atoms with Crippen LogP contribution in [-0.2, 0) is 6.42 Å². The van der Waals surface area contributed by atoms with E-state index in [-0.39, 0.29) is 12.1 Å². The number of rotatable bonds is 5. The Balaban J connectivity index is 2.40. The van der Waals surface area contributed by atoms with Crippen LogP contribution in [0.5, 0.6) is 0 Å². The number of thiophene rings is 1. The Labute approximate surface area is 101 Å². The molecule has 4 heteroatoms. The normalized spacial score (nSPS) is 12.2. The van der Waals surface area contributed by atoms with Gasteiger partial charge < -0.3 is 10.2 Å². The topological polar surface area (TPSA) is 32.3 Å². The summed E-state index contributed by atoms with van der Waals surface area (Å²) in [5.74, 6) is 0. The van der Waals surface area contributed by atoms with Crippen LogP contribution < -0.4 is 5.32 Å². The average molecular weight is 240 g/mol. The van der Waals surface area contributed by atoms with E-state index in [1.807, 2.05) is 13.1 Å². The molecule has 1 aromatic rings. The second-order valence-corrected chi connectivity index (χ2v) is 5.01. The first kappa shape index (κ1) is 13.0. The van der Waals surface area contributed by atoms with E-state index in [1.54, 1.807) is 16.2 Å². The molecule has 1 aromatic heterocycles. The third-order valence-electron chi connectivity index (χ3n) is 2.58. The summed E-state index contributed by atoms with van der Waals surface area (Å²) in [5, 5.41) is 4.95. The van der Waals surface area contributed by atoms with Gasteiger partial charge in [-0.15, -0.1) is 11.3 Å². The number of likely N-dealkylation sites (N-methyl/N-ethyl adjacent to an activating group) is 1. The molecular weight excluding hydrogens is 220 g/mol. The largest absolute Gasteiger partial charge is 0.338 e. The SMILES string of the molecule is CCCNC(=O)N(C)C(C)Cc1cccs1. The van der Waals surface area contributed by atoms with Gasteiger partial charge in [0.1, 0.15) is 0 Å². The first-order chi connectivity index (χ1) is 7.65. The Morgan fingerprint density at radius 3 is 2.94 bits per heavy atom. The number of amides is 2. The van der Waals surface area contributed by atoms with Crippen molar-refractivity contribution in [2.24, 2.45) is 0 Å². The van der Waals surface area contributed by atoms with Crippen LogP contribution in [0.3, 0.4) is 0 Å². The van der Waals surface area contributed by atoms with Crippen molar-refractivity contribution in [1.29, 1.82) is 0 Å². The molecule has 3 nitrogen and oxygen atoms in total. The minimum absolute atomic E-state index is 0.0194. The lowest BCUT2D eigenvalue weighted by atomic mass is 10.2. The molecule has 1 unspecified atom stereocenters. The minimum atomic E-state index is 0.0194. The molecule has 2 amide bonds. The lowest BCUT2D eigenvalue weighted by Gasteiger charge is -2.24. The van der Waals surface area contributed by atoms with Gasteiger partial charge in [-0.1, -0.05) is 13.0 Å². The summed E-state index contributed by atoms with van der Waals surface area (Å²) in [6.45, 7) is 4.87. The summed E-state index contributed by atoms with van der Waals surface area (Å²) in [7, 11) is 1.85. The summed E-state index contributed by atoms with van der Waals surface area (Å²) < 4.78 is 0. The minimum Gasteiger partial charge on any atom is -0.338 e. The van der Waals surface area contributed by atoms with Crippen molar-refractivity contribution in [1.82, 2.24) is 10.2 Å². The molecule has 0 saturated carbocycles. The van der Waals surface area contributed by atoms with E-state index in [1.165, 1.54) is 4.88 Å². The second kappa shape index (κ2) is 6.53. The number of carbonyl (C=O) groups is 1. The molecular formula is C12H20N2OS. The maximum absolute atomic E-state index is 11.7. The lowest BCUT2D eigenvalue weighted by Crippen LogP contribution is -2.43. The summed E-state index contributed by atoms with van der Waals surface area (Å²) in [6, 6.07) is 4.41. The summed E-state index contributed by atoms with van der Waals surface area (Å²) >= 11 is 1.74. The number of hydrogen-bond acceptors (Lipinski definition) is 2. The molecule has 16 heavy (non-hydrogen) atoms. The van der Waals surface area contributed by atoms with Crippen LogP contribution in [-0.4, -0.2) is 30.6 Å². The lowest BCUT2D eigenvalue weighted by molar-refractivity contribution is 0.194. The molecule has 0 fully saturated rings. The Hall–Kier alpha value is -1.03. The van der Waals surface area contributed by atoms with Crippen molar-refractivity contribution in [2.45, 2.75) is 32.7 Å². The van der Waals surface area contributed by atoms with Gasteiger partial charge in [-0.05, 0) is 24.8 Å². The fraction of sp³-hybridized carbons (Fsp3) is 0.583. The number of hydrogen-bond donors (Lipinski definition) is 1. The maximum Gasteiger partial charge on any atom is 0.317 e. The van der Waals surface area contributed by atoms with E-state index in [0.29, 0.717) is 0 Å². The molecule has 0 bridgehead atoms.